The Kier molecular flexibility index (Phi) is 8.29. The summed E-state index contributed by atoms with van der Waals surface area (Å²) in [5.41, 5.74) is -1.78. The first-order valence-electron chi connectivity index (χ1n) is 5.20. The zero-order valence-corrected chi connectivity index (χ0v) is 12.8. The summed E-state index contributed by atoms with van der Waals surface area (Å²) >= 11 is 0. The predicted octanol–water partition coefficient (Wildman–Crippen LogP) is -2.90. The van der Waals surface area contributed by atoms with E-state index in [9.17, 15) is 29.4 Å². The van der Waals surface area contributed by atoms with Gasteiger partial charge >= 0.3 is 37.7 Å². The van der Waals surface area contributed by atoms with E-state index in [1.165, 1.54) is 12.4 Å². The molecule has 0 unspecified atom stereocenters. The third kappa shape index (κ3) is 5.94. The van der Waals surface area contributed by atoms with Crippen LogP contribution in [0.25, 0.3) is 0 Å². The van der Waals surface area contributed by atoms with Crippen molar-refractivity contribution in [2.45, 2.75) is 0 Å². The van der Waals surface area contributed by atoms with Crippen LogP contribution in [-0.2, 0) is 0 Å². The van der Waals surface area contributed by atoms with Gasteiger partial charge in [-0.2, -0.15) is 0 Å². The number of rotatable bonds is 2. The molecule has 0 atom stereocenters. The number of aromatic amines is 2. The van der Waals surface area contributed by atoms with Gasteiger partial charge in [0.2, 0.25) is 0 Å². The molecule has 0 radical (unpaired) electrons. The fraction of sp³-hybridized carbons (Fsp3) is 0. The Bertz CT molecular complexity index is 673. The summed E-state index contributed by atoms with van der Waals surface area (Å²) in [7, 11) is 0. The molecular weight excluding hydrogens is 308 g/mol. The number of aromatic carboxylic acids is 2. The summed E-state index contributed by atoms with van der Waals surface area (Å²) < 4.78 is 0. The maximum absolute atomic E-state index is 10.6. The van der Waals surface area contributed by atoms with Gasteiger partial charge in [-0.3, -0.25) is 9.59 Å². The van der Waals surface area contributed by atoms with Gasteiger partial charge in [-0.1, -0.05) is 0 Å². The van der Waals surface area contributed by atoms with Crippen molar-refractivity contribution >= 4 is 49.7 Å². The summed E-state index contributed by atoms with van der Waals surface area (Å²) in [6.07, 6.45) is 4.90. The quantitative estimate of drug-likeness (QED) is 0.568. The standard InChI is InChI=1S/2C6H5NO3.Ca/c2*8-5-1-2-7-3-4(5)6(9)10;/h2*1-3H,(H,7,8)(H,9,10);/q;;+2/p-2. The van der Waals surface area contributed by atoms with Crippen LogP contribution in [0.4, 0.5) is 0 Å². The van der Waals surface area contributed by atoms with Crippen LogP contribution in [0.2, 0.25) is 0 Å². The molecule has 2 N–H and O–H groups in total. The van der Waals surface area contributed by atoms with Crippen LogP contribution < -0.4 is 21.1 Å². The fourth-order valence-electron chi connectivity index (χ4n) is 1.15. The molecule has 104 valence electrons. The number of pyridine rings is 2. The second kappa shape index (κ2) is 9.11. The minimum absolute atomic E-state index is 0. The third-order valence-corrected chi connectivity index (χ3v) is 2.09. The van der Waals surface area contributed by atoms with Crippen molar-refractivity contribution in [3.05, 3.63) is 68.5 Å². The Morgan fingerprint density at radius 2 is 1.14 bits per heavy atom. The van der Waals surface area contributed by atoms with Crippen molar-refractivity contribution in [3.63, 3.8) is 0 Å². The molecule has 0 aliphatic carbocycles. The van der Waals surface area contributed by atoms with E-state index in [2.05, 4.69) is 9.97 Å². The normalized spacial score (nSPS) is 8.76. The van der Waals surface area contributed by atoms with Crippen molar-refractivity contribution in [3.8, 4) is 0 Å². The number of carboxylic acid groups (broad SMARTS) is 2. The van der Waals surface area contributed by atoms with Crippen molar-refractivity contribution in [2.75, 3.05) is 0 Å². The third-order valence-electron chi connectivity index (χ3n) is 2.09. The Labute approximate surface area is 147 Å². The number of carbonyl (C=O) groups excluding carboxylic acids is 2. The summed E-state index contributed by atoms with van der Waals surface area (Å²) in [5, 5.41) is 20.2. The Morgan fingerprint density at radius 1 is 0.810 bits per heavy atom. The average molecular weight is 316 g/mol. The summed E-state index contributed by atoms with van der Waals surface area (Å²) in [6.45, 7) is 0. The molecule has 0 bridgehead atoms. The monoisotopic (exact) mass is 316 g/mol. The number of hydrogen-bond donors (Lipinski definition) is 2. The maximum Gasteiger partial charge on any atom is 2.00 e. The van der Waals surface area contributed by atoms with Gasteiger partial charge in [-0.05, 0) is 0 Å². The fourth-order valence-corrected chi connectivity index (χ4v) is 1.15. The van der Waals surface area contributed by atoms with Gasteiger partial charge in [0.25, 0.3) is 0 Å². The number of aromatic nitrogens is 2. The van der Waals surface area contributed by atoms with Gasteiger partial charge < -0.3 is 29.8 Å². The smallest absolute Gasteiger partial charge is 0.545 e. The van der Waals surface area contributed by atoms with E-state index >= 15 is 0 Å². The number of hydrogen-bond acceptors (Lipinski definition) is 6. The van der Waals surface area contributed by atoms with Gasteiger partial charge in [-0.25, -0.2) is 0 Å². The molecule has 8 nitrogen and oxygen atoms in total. The molecule has 2 aromatic rings. The predicted molar refractivity (Wildman–Crippen MR) is 68.5 cm³/mol. The molecule has 2 aromatic heterocycles. The minimum atomic E-state index is -1.46. The number of carboxylic acids is 2. The van der Waals surface area contributed by atoms with E-state index < -0.39 is 22.8 Å². The van der Waals surface area contributed by atoms with Crippen LogP contribution in [0.5, 0.6) is 0 Å². The van der Waals surface area contributed by atoms with E-state index in [0.717, 1.165) is 24.5 Å². The summed E-state index contributed by atoms with van der Waals surface area (Å²) in [4.78, 5) is 46.3. The topological polar surface area (TPSA) is 146 Å². The molecule has 0 aromatic carbocycles. The van der Waals surface area contributed by atoms with Crippen molar-refractivity contribution in [2.24, 2.45) is 0 Å². The average Bonchev–Trinajstić information content (AvgIpc) is 2.40. The van der Waals surface area contributed by atoms with E-state index in [0.29, 0.717) is 0 Å². The second-order valence-electron chi connectivity index (χ2n) is 3.42. The number of nitrogens with one attached hydrogen (secondary N) is 2. The largest absolute Gasteiger partial charge is 2.00 e. The minimum Gasteiger partial charge on any atom is -0.545 e. The molecule has 0 fully saturated rings. The van der Waals surface area contributed by atoms with E-state index in [1.54, 1.807) is 0 Å². The van der Waals surface area contributed by atoms with Gasteiger partial charge in [0.1, 0.15) is 0 Å². The van der Waals surface area contributed by atoms with E-state index in [-0.39, 0.29) is 48.9 Å². The first kappa shape index (κ1) is 19.1. The number of H-pyrrole nitrogens is 2. The van der Waals surface area contributed by atoms with Crippen molar-refractivity contribution in [1.82, 2.24) is 9.97 Å². The summed E-state index contributed by atoms with van der Waals surface area (Å²) in [6, 6.07) is 2.26. The summed E-state index contributed by atoms with van der Waals surface area (Å²) in [5.74, 6) is -2.91. The number of carbonyl (C=O) groups is 2. The molecule has 0 saturated carbocycles. The van der Waals surface area contributed by atoms with Gasteiger partial charge in [0, 0.05) is 36.9 Å². The molecule has 0 amide bonds. The zero-order chi connectivity index (χ0) is 15.1. The van der Waals surface area contributed by atoms with Crippen LogP contribution >= 0.6 is 0 Å². The van der Waals surface area contributed by atoms with Gasteiger partial charge in [-0.15, -0.1) is 0 Å². The Hall–Kier alpha value is -1.90. The molecule has 2 rings (SSSR count). The van der Waals surface area contributed by atoms with Crippen LogP contribution in [0.15, 0.2) is 46.5 Å². The van der Waals surface area contributed by atoms with Crippen LogP contribution in [0, 0.1) is 0 Å². The van der Waals surface area contributed by atoms with Crippen molar-refractivity contribution < 1.29 is 19.8 Å². The van der Waals surface area contributed by atoms with Crippen LogP contribution in [-0.4, -0.2) is 59.6 Å². The second-order valence-corrected chi connectivity index (χ2v) is 3.42. The van der Waals surface area contributed by atoms with Crippen LogP contribution in [0.3, 0.4) is 0 Å². The molecule has 21 heavy (non-hydrogen) atoms. The first-order valence-corrected chi connectivity index (χ1v) is 5.20. The SMILES string of the molecule is O=C([O-])c1c[nH]ccc1=O.O=C([O-])c1c[nH]ccc1=O.[Ca+2]. The zero-order valence-electron chi connectivity index (χ0n) is 10.6. The first-order chi connectivity index (χ1) is 9.43. The van der Waals surface area contributed by atoms with Crippen molar-refractivity contribution in [1.29, 1.82) is 0 Å². The molecule has 0 saturated heterocycles. The molecular formula is C12H8CaN2O6. The Morgan fingerprint density at radius 3 is 1.33 bits per heavy atom. The van der Waals surface area contributed by atoms with E-state index in [1.807, 2.05) is 0 Å². The Balaban J connectivity index is 0.000000364. The molecule has 0 aliphatic heterocycles. The molecule has 0 spiro atoms. The van der Waals surface area contributed by atoms with Gasteiger partial charge in [0.05, 0.1) is 23.1 Å². The van der Waals surface area contributed by atoms with Crippen LogP contribution in [0.1, 0.15) is 20.7 Å². The van der Waals surface area contributed by atoms with E-state index in [4.69, 9.17) is 0 Å². The molecule has 9 heteroatoms. The molecule has 2 heterocycles. The maximum atomic E-state index is 10.6. The molecule has 0 aliphatic rings. The van der Waals surface area contributed by atoms with Gasteiger partial charge in [0.15, 0.2) is 10.9 Å².